The molecule has 2 heterocycles. The number of carbonyl (C=O) groups is 2. The standard InChI is InChI=1S/C16H23BrN4O2/c1-2-20-10-12(17)9-14(20)16(23)21-7-5-19(6-8-21)11-15(22)18-13-3-4-13/h9-10,13H,2-8,11H2,1H3,(H,18,22). The summed E-state index contributed by atoms with van der Waals surface area (Å²) in [6.45, 7) is 6.07. The fourth-order valence-corrected chi connectivity index (χ4v) is 3.35. The van der Waals surface area contributed by atoms with Crippen LogP contribution in [0.2, 0.25) is 0 Å². The minimum Gasteiger partial charge on any atom is -0.352 e. The van der Waals surface area contributed by atoms with Gasteiger partial charge in [-0.1, -0.05) is 0 Å². The Hall–Kier alpha value is -1.34. The zero-order valence-electron chi connectivity index (χ0n) is 13.4. The molecule has 2 amide bonds. The summed E-state index contributed by atoms with van der Waals surface area (Å²) in [4.78, 5) is 28.5. The molecule has 1 aliphatic carbocycles. The van der Waals surface area contributed by atoms with Gasteiger partial charge in [0, 0.05) is 49.4 Å². The fraction of sp³-hybridized carbons (Fsp3) is 0.625. The second-order valence-electron chi connectivity index (χ2n) is 6.24. The van der Waals surface area contributed by atoms with E-state index >= 15 is 0 Å². The van der Waals surface area contributed by atoms with Crippen LogP contribution in [-0.2, 0) is 11.3 Å². The number of aryl methyl sites for hydroxylation is 1. The lowest BCUT2D eigenvalue weighted by atomic mass is 10.2. The third kappa shape index (κ3) is 4.14. The smallest absolute Gasteiger partial charge is 0.270 e. The summed E-state index contributed by atoms with van der Waals surface area (Å²) < 4.78 is 2.89. The van der Waals surface area contributed by atoms with Gasteiger partial charge in [-0.25, -0.2) is 0 Å². The molecule has 6 nitrogen and oxygen atoms in total. The molecule has 2 fully saturated rings. The molecule has 0 radical (unpaired) electrons. The van der Waals surface area contributed by atoms with Crippen molar-refractivity contribution in [1.29, 1.82) is 0 Å². The number of hydrogen-bond acceptors (Lipinski definition) is 3. The molecule has 0 spiro atoms. The van der Waals surface area contributed by atoms with E-state index in [1.807, 2.05) is 28.7 Å². The van der Waals surface area contributed by atoms with E-state index in [0.29, 0.717) is 25.7 Å². The van der Waals surface area contributed by atoms with E-state index in [9.17, 15) is 9.59 Å². The van der Waals surface area contributed by atoms with E-state index < -0.39 is 0 Å². The van der Waals surface area contributed by atoms with Crippen LogP contribution in [0.3, 0.4) is 0 Å². The Kier molecular flexibility index (Phi) is 5.06. The van der Waals surface area contributed by atoms with Crippen molar-refractivity contribution >= 4 is 27.7 Å². The van der Waals surface area contributed by atoms with Gasteiger partial charge >= 0.3 is 0 Å². The molecule has 0 aromatic carbocycles. The molecule has 1 N–H and O–H groups in total. The van der Waals surface area contributed by atoms with Crippen LogP contribution in [0.1, 0.15) is 30.3 Å². The van der Waals surface area contributed by atoms with Crippen LogP contribution in [0.25, 0.3) is 0 Å². The normalized spacial score (nSPS) is 19.0. The zero-order valence-corrected chi connectivity index (χ0v) is 15.0. The quantitative estimate of drug-likeness (QED) is 0.834. The van der Waals surface area contributed by atoms with Crippen molar-refractivity contribution in [2.45, 2.75) is 32.4 Å². The van der Waals surface area contributed by atoms with Crippen LogP contribution in [0.4, 0.5) is 0 Å². The zero-order chi connectivity index (χ0) is 16.4. The second kappa shape index (κ2) is 7.05. The summed E-state index contributed by atoms with van der Waals surface area (Å²) in [6, 6.07) is 2.28. The largest absolute Gasteiger partial charge is 0.352 e. The van der Waals surface area contributed by atoms with Crippen LogP contribution in [0, 0.1) is 0 Å². The summed E-state index contributed by atoms with van der Waals surface area (Å²) in [5.74, 6) is 0.177. The van der Waals surface area contributed by atoms with Gasteiger partial charge < -0.3 is 14.8 Å². The Morgan fingerprint density at radius 3 is 2.57 bits per heavy atom. The lowest BCUT2D eigenvalue weighted by molar-refractivity contribution is -0.122. The molecule has 3 rings (SSSR count). The highest BCUT2D eigenvalue weighted by Crippen LogP contribution is 2.19. The van der Waals surface area contributed by atoms with Crippen LogP contribution in [-0.4, -0.2) is 64.9 Å². The van der Waals surface area contributed by atoms with Gasteiger partial charge in [0.1, 0.15) is 5.69 Å². The number of hydrogen-bond donors (Lipinski definition) is 1. The average molecular weight is 383 g/mol. The van der Waals surface area contributed by atoms with E-state index in [1.54, 1.807) is 0 Å². The molecular weight excluding hydrogens is 360 g/mol. The number of amides is 2. The third-order valence-electron chi connectivity index (χ3n) is 4.39. The number of rotatable bonds is 5. The molecule has 126 valence electrons. The Bertz CT molecular complexity index is 589. The predicted molar refractivity (Wildman–Crippen MR) is 91.3 cm³/mol. The van der Waals surface area contributed by atoms with E-state index in [1.165, 1.54) is 0 Å². The Labute approximate surface area is 144 Å². The van der Waals surface area contributed by atoms with Gasteiger partial charge in [0.05, 0.1) is 6.54 Å². The van der Waals surface area contributed by atoms with Crippen LogP contribution in [0.15, 0.2) is 16.7 Å². The molecule has 1 aromatic heterocycles. The third-order valence-corrected chi connectivity index (χ3v) is 4.83. The molecule has 1 saturated carbocycles. The summed E-state index contributed by atoms with van der Waals surface area (Å²) in [5, 5.41) is 3.01. The first-order valence-electron chi connectivity index (χ1n) is 8.23. The number of piperazine rings is 1. The van der Waals surface area contributed by atoms with Gasteiger partial charge in [0.2, 0.25) is 5.91 Å². The van der Waals surface area contributed by atoms with Crippen LogP contribution >= 0.6 is 15.9 Å². The van der Waals surface area contributed by atoms with Gasteiger partial charge in [-0.15, -0.1) is 0 Å². The Balaban J connectivity index is 1.51. The number of carbonyl (C=O) groups excluding carboxylic acids is 2. The number of halogens is 1. The molecule has 0 unspecified atom stereocenters. The summed E-state index contributed by atoms with van der Waals surface area (Å²) >= 11 is 3.43. The van der Waals surface area contributed by atoms with Gasteiger partial charge in [-0.2, -0.15) is 0 Å². The van der Waals surface area contributed by atoms with E-state index in [-0.39, 0.29) is 11.8 Å². The molecule has 0 atom stereocenters. The lowest BCUT2D eigenvalue weighted by Crippen LogP contribution is -2.51. The fourth-order valence-electron chi connectivity index (χ4n) is 2.89. The van der Waals surface area contributed by atoms with E-state index in [4.69, 9.17) is 0 Å². The van der Waals surface area contributed by atoms with Crippen molar-refractivity contribution in [3.8, 4) is 0 Å². The molecule has 1 saturated heterocycles. The highest BCUT2D eigenvalue weighted by atomic mass is 79.9. The molecule has 7 heteroatoms. The molecule has 23 heavy (non-hydrogen) atoms. The van der Waals surface area contributed by atoms with Crippen molar-refractivity contribution in [3.05, 3.63) is 22.4 Å². The summed E-state index contributed by atoms with van der Waals surface area (Å²) in [6.07, 6.45) is 4.16. The first kappa shape index (κ1) is 16.5. The van der Waals surface area contributed by atoms with Gasteiger partial charge in [-0.05, 0) is 41.8 Å². The van der Waals surface area contributed by atoms with Crippen molar-refractivity contribution < 1.29 is 9.59 Å². The Morgan fingerprint density at radius 2 is 1.96 bits per heavy atom. The minimum atomic E-state index is 0.0691. The first-order chi connectivity index (χ1) is 11.1. The SMILES string of the molecule is CCn1cc(Br)cc1C(=O)N1CCN(CC(=O)NC2CC2)CC1. The van der Waals surface area contributed by atoms with Crippen molar-refractivity contribution in [2.24, 2.45) is 0 Å². The van der Waals surface area contributed by atoms with Crippen molar-refractivity contribution in [1.82, 2.24) is 19.7 Å². The highest BCUT2D eigenvalue weighted by Gasteiger charge is 2.27. The van der Waals surface area contributed by atoms with Gasteiger partial charge in [0.15, 0.2) is 0 Å². The molecule has 1 aliphatic heterocycles. The van der Waals surface area contributed by atoms with Crippen LogP contribution < -0.4 is 5.32 Å². The maximum Gasteiger partial charge on any atom is 0.270 e. The maximum absolute atomic E-state index is 12.7. The monoisotopic (exact) mass is 382 g/mol. The topological polar surface area (TPSA) is 57.6 Å². The average Bonchev–Trinajstić information content (AvgIpc) is 3.26. The van der Waals surface area contributed by atoms with Gasteiger partial charge in [0.25, 0.3) is 5.91 Å². The Morgan fingerprint density at radius 1 is 1.26 bits per heavy atom. The van der Waals surface area contributed by atoms with Crippen LogP contribution in [0.5, 0.6) is 0 Å². The molecule has 0 bridgehead atoms. The predicted octanol–water partition coefficient (Wildman–Crippen LogP) is 1.31. The number of nitrogens with one attached hydrogen (secondary N) is 1. The molecule has 1 aromatic rings. The van der Waals surface area contributed by atoms with Crippen molar-refractivity contribution in [3.63, 3.8) is 0 Å². The second-order valence-corrected chi connectivity index (χ2v) is 7.16. The number of aromatic nitrogens is 1. The van der Waals surface area contributed by atoms with Crippen molar-refractivity contribution in [2.75, 3.05) is 32.7 Å². The first-order valence-corrected chi connectivity index (χ1v) is 9.02. The van der Waals surface area contributed by atoms with Gasteiger partial charge in [-0.3, -0.25) is 14.5 Å². The maximum atomic E-state index is 12.7. The highest BCUT2D eigenvalue weighted by molar-refractivity contribution is 9.10. The summed E-state index contributed by atoms with van der Waals surface area (Å²) in [5.41, 5.74) is 0.722. The van der Waals surface area contributed by atoms with E-state index in [2.05, 4.69) is 26.1 Å². The number of nitrogens with zero attached hydrogens (tertiary/aromatic N) is 3. The minimum absolute atomic E-state index is 0.0691. The molecule has 2 aliphatic rings. The van der Waals surface area contributed by atoms with E-state index in [0.717, 1.165) is 42.6 Å². The molecular formula is C16H23BrN4O2. The lowest BCUT2D eigenvalue weighted by Gasteiger charge is -2.34. The summed E-state index contributed by atoms with van der Waals surface area (Å²) in [7, 11) is 0.